The molecule has 0 aliphatic heterocycles. The molecule has 0 amide bonds. The molecule has 0 atom stereocenters. The van der Waals surface area contributed by atoms with Gasteiger partial charge in [0.2, 0.25) is 10.0 Å². The van der Waals surface area contributed by atoms with Gasteiger partial charge in [0, 0.05) is 22.9 Å². The highest BCUT2D eigenvalue weighted by Crippen LogP contribution is 2.33. The molecule has 0 saturated heterocycles. The van der Waals surface area contributed by atoms with Crippen molar-refractivity contribution in [3.63, 3.8) is 0 Å². The summed E-state index contributed by atoms with van der Waals surface area (Å²) in [7, 11) is -3.98. The summed E-state index contributed by atoms with van der Waals surface area (Å²) in [5.41, 5.74) is -1.89. The quantitative estimate of drug-likeness (QED) is 0.636. The van der Waals surface area contributed by atoms with E-state index in [0.29, 0.717) is 6.07 Å². The van der Waals surface area contributed by atoms with Crippen LogP contribution in [0.5, 0.6) is 0 Å². The minimum atomic E-state index is -4.78. The maximum absolute atomic E-state index is 12.5. The molecule has 1 aromatic carbocycles. The lowest BCUT2D eigenvalue weighted by Crippen LogP contribution is -2.15. The molecule has 0 aliphatic carbocycles. The van der Waals surface area contributed by atoms with Crippen molar-refractivity contribution in [3.05, 3.63) is 29.3 Å². The first-order valence-electron chi connectivity index (χ1n) is 3.96. The first-order valence-corrected chi connectivity index (χ1v) is 6.52. The Kier molecular flexibility index (Phi) is 4.00. The van der Waals surface area contributed by atoms with E-state index < -0.39 is 32.2 Å². The molecule has 0 saturated carbocycles. The number of rotatable bonds is 2. The maximum atomic E-state index is 12.5. The molecule has 92 valence electrons. The van der Waals surface area contributed by atoms with E-state index in [1.165, 1.54) is 28.9 Å². The van der Waals surface area contributed by atoms with E-state index in [2.05, 4.69) is 0 Å². The number of benzene rings is 1. The van der Waals surface area contributed by atoms with E-state index in [0.717, 1.165) is 12.1 Å². The molecule has 0 bridgehead atoms. The van der Waals surface area contributed by atoms with Crippen LogP contribution >= 0.6 is 22.9 Å². The van der Waals surface area contributed by atoms with E-state index in [4.69, 9.17) is 5.26 Å². The van der Waals surface area contributed by atoms with Gasteiger partial charge in [0.15, 0.2) is 0 Å². The van der Waals surface area contributed by atoms with Crippen LogP contribution in [0.25, 0.3) is 0 Å². The summed E-state index contributed by atoms with van der Waals surface area (Å²) >= 11 is 1.30. The zero-order valence-electron chi connectivity index (χ0n) is 7.92. The zero-order chi connectivity index (χ0) is 13.3. The Balaban J connectivity index is 3.51. The largest absolute Gasteiger partial charge is 0.417 e. The van der Waals surface area contributed by atoms with Crippen molar-refractivity contribution < 1.29 is 21.6 Å². The third kappa shape index (κ3) is 3.08. The van der Waals surface area contributed by atoms with Gasteiger partial charge in [-0.05, 0) is 18.2 Å². The van der Waals surface area contributed by atoms with Crippen LogP contribution in [0.15, 0.2) is 23.1 Å². The van der Waals surface area contributed by atoms with Gasteiger partial charge in [0.25, 0.3) is 0 Å². The average Bonchev–Trinajstić information content (AvgIpc) is 2.27. The standard InChI is InChI=1S/C8H4F3IN2O2S/c9-8(10,11)7-3-6(17(15,16)14-12)2-1-5(7)4-13/h1-3,14H. The van der Waals surface area contributed by atoms with Crippen molar-refractivity contribution in [2.75, 3.05) is 0 Å². The fourth-order valence-corrected chi connectivity index (χ4v) is 2.44. The van der Waals surface area contributed by atoms with Crippen molar-refractivity contribution in [1.29, 1.82) is 5.26 Å². The molecule has 4 nitrogen and oxygen atoms in total. The van der Waals surface area contributed by atoms with E-state index >= 15 is 0 Å². The minimum Gasteiger partial charge on any atom is -0.206 e. The molecule has 0 spiro atoms. The van der Waals surface area contributed by atoms with Crippen molar-refractivity contribution in [3.8, 4) is 6.07 Å². The third-order valence-electron chi connectivity index (χ3n) is 1.83. The van der Waals surface area contributed by atoms with Crippen LogP contribution in [0.3, 0.4) is 0 Å². The highest BCUT2D eigenvalue weighted by atomic mass is 127. The van der Waals surface area contributed by atoms with Gasteiger partial charge in [-0.2, -0.15) is 21.4 Å². The van der Waals surface area contributed by atoms with Crippen LogP contribution in [0, 0.1) is 11.3 Å². The molecule has 1 rings (SSSR count). The number of nitrogens with zero attached hydrogens (tertiary/aromatic N) is 1. The SMILES string of the molecule is N#Cc1ccc(S(=O)(=O)NI)cc1C(F)(F)F. The van der Waals surface area contributed by atoms with E-state index in [9.17, 15) is 21.6 Å². The lowest BCUT2D eigenvalue weighted by Gasteiger charge is -2.10. The van der Waals surface area contributed by atoms with Gasteiger partial charge in [-0.15, -0.1) is 0 Å². The van der Waals surface area contributed by atoms with Gasteiger partial charge >= 0.3 is 6.18 Å². The molecule has 0 heterocycles. The summed E-state index contributed by atoms with van der Waals surface area (Å²) < 4.78 is 62.1. The second kappa shape index (κ2) is 4.79. The van der Waals surface area contributed by atoms with Gasteiger partial charge in [-0.3, -0.25) is 0 Å². The topological polar surface area (TPSA) is 70.0 Å². The monoisotopic (exact) mass is 376 g/mol. The Morgan fingerprint density at radius 3 is 2.35 bits per heavy atom. The second-order valence-electron chi connectivity index (χ2n) is 2.90. The summed E-state index contributed by atoms with van der Waals surface area (Å²) in [6, 6.07) is 3.55. The van der Waals surface area contributed by atoms with Gasteiger partial charge in [0.1, 0.15) is 0 Å². The molecule has 0 aliphatic rings. The molecule has 17 heavy (non-hydrogen) atoms. The lowest BCUT2D eigenvalue weighted by molar-refractivity contribution is -0.137. The normalized spacial score (nSPS) is 12.2. The highest BCUT2D eigenvalue weighted by Gasteiger charge is 2.34. The summed E-state index contributed by atoms with van der Waals surface area (Å²) in [5.74, 6) is 0. The highest BCUT2D eigenvalue weighted by molar-refractivity contribution is 14.1. The second-order valence-corrected chi connectivity index (χ2v) is 5.85. The van der Waals surface area contributed by atoms with Gasteiger partial charge in [-0.1, -0.05) is 0 Å². The van der Waals surface area contributed by atoms with E-state index in [-0.39, 0.29) is 0 Å². The first-order chi connectivity index (χ1) is 7.72. The molecular weight excluding hydrogens is 372 g/mol. The predicted molar refractivity (Wildman–Crippen MR) is 60.5 cm³/mol. The number of nitriles is 1. The van der Waals surface area contributed by atoms with Gasteiger partial charge in [0.05, 0.1) is 22.1 Å². The summed E-state index contributed by atoms with van der Waals surface area (Å²) in [5, 5.41) is 8.52. The van der Waals surface area contributed by atoms with Crippen LogP contribution in [0.1, 0.15) is 11.1 Å². The van der Waals surface area contributed by atoms with E-state index in [1.54, 1.807) is 0 Å². The van der Waals surface area contributed by atoms with Gasteiger partial charge in [-0.25, -0.2) is 8.42 Å². The van der Waals surface area contributed by atoms with Crippen molar-refractivity contribution in [2.24, 2.45) is 0 Å². The third-order valence-corrected chi connectivity index (χ3v) is 4.65. The van der Waals surface area contributed by atoms with Crippen molar-refractivity contribution in [1.82, 2.24) is 2.94 Å². The minimum absolute atomic E-state index is 0.430. The fraction of sp³-hybridized carbons (Fsp3) is 0.125. The molecule has 0 fully saturated rings. The van der Waals surface area contributed by atoms with E-state index in [1.807, 2.05) is 2.94 Å². The maximum Gasteiger partial charge on any atom is 0.417 e. The number of halogens is 4. The van der Waals surface area contributed by atoms with Crippen LogP contribution in [0.2, 0.25) is 0 Å². The average molecular weight is 376 g/mol. The van der Waals surface area contributed by atoms with Crippen LogP contribution in [-0.2, 0) is 16.2 Å². The smallest absolute Gasteiger partial charge is 0.206 e. The summed E-state index contributed by atoms with van der Waals surface area (Å²) in [6.45, 7) is 0. The molecule has 0 unspecified atom stereocenters. The number of alkyl halides is 3. The lowest BCUT2D eigenvalue weighted by atomic mass is 10.1. The van der Waals surface area contributed by atoms with Crippen molar-refractivity contribution >= 4 is 32.9 Å². The molecule has 9 heteroatoms. The predicted octanol–water partition coefficient (Wildman–Crippen LogP) is 2.21. The van der Waals surface area contributed by atoms with Crippen LogP contribution in [-0.4, -0.2) is 8.42 Å². The van der Waals surface area contributed by atoms with Gasteiger partial charge < -0.3 is 0 Å². The Bertz CT molecular complexity index is 577. The number of nitrogens with one attached hydrogen (secondary N) is 1. The summed E-state index contributed by atoms with van der Waals surface area (Å²) in [6.07, 6.45) is -4.78. The molecule has 0 aromatic heterocycles. The number of sulfonamides is 1. The Hall–Kier alpha value is -0.860. The first kappa shape index (κ1) is 14.2. The van der Waals surface area contributed by atoms with Crippen LogP contribution in [0.4, 0.5) is 13.2 Å². The summed E-state index contributed by atoms with van der Waals surface area (Å²) in [4.78, 5) is -0.543. The zero-order valence-corrected chi connectivity index (χ0v) is 10.9. The Morgan fingerprint density at radius 1 is 1.35 bits per heavy atom. The van der Waals surface area contributed by atoms with Crippen molar-refractivity contribution in [2.45, 2.75) is 11.1 Å². The molecule has 0 radical (unpaired) electrons. The van der Waals surface area contributed by atoms with Crippen LogP contribution < -0.4 is 2.94 Å². The Morgan fingerprint density at radius 2 is 1.94 bits per heavy atom. The number of hydrogen-bond donors (Lipinski definition) is 1. The molecular formula is C8H4F3IN2O2S. The molecule has 1 N–H and O–H groups in total. The molecule has 1 aromatic rings. The fourth-order valence-electron chi connectivity index (χ4n) is 1.07. The Labute approximate surface area is 109 Å². The number of hydrogen-bond acceptors (Lipinski definition) is 3.